The summed E-state index contributed by atoms with van der Waals surface area (Å²) < 4.78 is 5.20. The Labute approximate surface area is 192 Å². The number of carbonyl (C=O) groups excluding carboxylic acids is 1. The summed E-state index contributed by atoms with van der Waals surface area (Å²) in [6.45, 7) is 2.55. The Morgan fingerprint density at radius 1 is 0.875 bits per heavy atom. The number of esters is 1. The number of phenols is 1. The summed E-state index contributed by atoms with van der Waals surface area (Å²) in [4.78, 5) is 16.2. The third kappa shape index (κ3) is 11.3. The van der Waals surface area contributed by atoms with Crippen LogP contribution < -0.4 is 0 Å². The number of phenolic OH excluding ortho intramolecular Hbond substituents is 1. The highest BCUT2D eigenvalue weighted by Crippen LogP contribution is 2.16. The van der Waals surface area contributed by atoms with E-state index in [2.05, 4.69) is 18.0 Å². The first-order valence-electron chi connectivity index (χ1n) is 11.6. The molecule has 0 heterocycles. The molecule has 32 heavy (non-hydrogen) atoms. The van der Waals surface area contributed by atoms with Crippen molar-refractivity contribution in [3.05, 3.63) is 77.9 Å². The predicted octanol–water partition coefficient (Wildman–Crippen LogP) is 7.40. The zero-order valence-corrected chi connectivity index (χ0v) is 19.1. The van der Waals surface area contributed by atoms with Gasteiger partial charge in [-0.3, -0.25) is 4.99 Å². The van der Waals surface area contributed by atoms with Crippen LogP contribution in [0.3, 0.4) is 0 Å². The highest BCUT2D eigenvalue weighted by Gasteiger charge is 1.96. The van der Waals surface area contributed by atoms with E-state index < -0.39 is 0 Å². The molecule has 0 fully saturated rings. The number of hydrogen-bond donors (Lipinski definition) is 1. The lowest BCUT2D eigenvalue weighted by atomic mass is 10.1. The number of aliphatic imine (C=N–C) groups is 1. The van der Waals surface area contributed by atoms with Gasteiger partial charge in [0.1, 0.15) is 12.4 Å². The van der Waals surface area contributed by atoms with Gasteiger partial charge in [0.05, 0.1) is 5.69 Å². The maximum absolute atomic E-state index is 11.8. The molecule has 0 unspecified atom stereocenters. The van der Waals surface area contributed by atoms with Crippen LogP contribution in [0.2, 0.25) is 0 Å². The molecule has 2 rings (SSSR count). The van der Waals surface area contributed by atoms with Crippen molar-refractivity contribution >= 4 is 23.9 Å². The Morgan fingerprint density at radius 2 is 1.53 bits per heavy atom. The summed E-state index contributed by atoms with van der Waals surface area (Å²) in [7, 11) is 0. The number of nitrogens with zero attached hydrogens (tertiary/aromatic N) is 1. The Hall–Kier alpha value is -3.14. The zero-order chi connectivity index (χ0) is 22.9. The first-order valence-corrected chi connectivity index (χ1v) is 11.6. The lowest BCUT2D eigenvalue weighted by Gasteiger charge is -1.99. The van der Waals surface area contributed by atoms with Gasteiger partial charge in [0, 0.05) is 12.3 Å². The van der Waals surface area contributed by atoms with E-state index in [1.807, 2.05) is 30.3 Å². The maximum Gasteiger partial charge on any atom is 0.331 e. The average Bonchev–Trinajstić information content (AvgIpc) is 2.81. The van der Waals surface area contributed by atoms with E-state index in [-0.39, 0.29) is 11.7 Å². The van der Waals surface area contributed by atoms with Crippen molar-refractivity contribution in [3.63, 3.8) is 0 Å². The SMILES string of the molecule is CCCCCCCCCC=CCOC(=O)C=Cc1ccc(C=Nc2ccc(O)cc2)cc1. The highest BCUT2D eigenvalue weighted by molar-refractivity contribution is 5.87. The number of benzene rings is 2. The molecule has 4 nitrogen and oxygen atoms in total. The fourth-order valence-corrected chi connectivity index (χ4v) is 3.13. The number of ether oxygens (including phenoxy) is 1. The van der Waals surface area contributed by atoms with Crippen molar-refractivity contribution in [2.24, 2.45) is 4.99 Å². The van der Waals surface area contributed by atoms with Gasteiger partial charge in [0.25, 0.3) is 0 Å². The molecule has 0 aliphatic heterocycles. The van der Waals surface area contributed by atoms with Crippen LogP contribution in [0.25, 0.3) is 6.08 Å². The molecule has 0 amide bonds. The molecule has 0 radical (unpaired) electrons. The van der Waals surface area contributed by atoms with Gasteiger partial charge in [-0.05, 0) is 54.3 Å². The second-order valence-electron chi connectivity index (χ2n) is 7.79. The van der Waals surface area contributed by atoms with Crippen molar-refractivity contribution in [3.8, 4) is 5.75 Å². The summed E-state index contributed by atoms with van der Waals surface area (Å²) in [5.74, 6) is -0.123. The second-order valence-corrected chi connectivity index (χ2v) is 7.79. The Balaban J connectivity index is 1.62. The van der Waals surface area contributed by atoms with Crippen LogP contribution in [-0.2, 0) is 9.53 Å². The smallest absolute Gasteiger partial charge is 0.331 e. The van der Waals surface area contributed by atoms with Crippen molar-refractivity contribution < 1.29 is 14.6 Å². The molecule has 0 aromatic heterocycles. The van der Waals surface area contributed by atoms with E-state index in [0.29, 0.717) is 6.61 Å². The minimum Gasteiger partial charge on any atom is -0.508 e. The average molecular weight is 434 g/mol. The highest BCUT2D eigenvalue weighted by atomic mass is 16.5. The van der Waals surface area contributed by atoms with Gasteiger partial charge in [0.2, 0.25) is 0 Å². The molecular weight excluding hydrogens is 398 g/mol. The van der Waals surface area contributed by atoms with Crippen molar-refractivity contribution in [1.29, 1.82) is 0 Å². The molecule has 0 atom stereocenters. The summed E-state index contributed by atoms with van der Waals surface area (Å²) in [6, 6.07) is 14.4. The topological polar surface area (TPSA) is 58.9 Å². The lowest BCUT2D eigenvalue weighted by Crippen LogP contribution is -1.99. The van der Waals surface area contributed by atoms with E-state index in [4.69, 9.17) is 4.74 Å². The maximum atomic E-state index is 11.8. The minimum atomic E-state index is -0.344. The first-order chi connectivity index (χ1) is 15.7. The fraction of sp³-hybridized carbons (Fsp3) is 0.357. The van der Waals surface area contributed by atoms with Gasteiger partial charge < -0.3 is 9.84 Å². The van der Waals surface area contributed by atoms with Crippen LogP contribution >= 0.6 is 0 Å². The molecular formula is C28H35NO3. The zero-order valence-electron chi connectivity index (χ0n) is 19.1. The number of unbranched alkanes of at least 4 members (excludes halogenated alkanes) is 7. The van der Waals surface area contributed by atoms with Gasteiger partial charge in [0.15, 0.2) is 0 Å². The summed E-state index contributed by atoms with van der Waals surface area (Å²) in [5, 5.41) is 9.30. The summed E-state index contributed by atoms with van der Waals surface area (Å²) in [5.41, 5.74) is 2.63. The van der Waals surface area contributed by atoms with Gasteiger partial charge in [-0.15, -0.1) is 0 Å². The van der Waals surface area contributed by atoms with Crippen molar-refractivity contribution in [2.75, 3.05) is 6.61 Å². The number of allylic oxidation sites excluding steroid dienone is 1. The molecule has 2 aromatic carbocycles. The van der Waals surface area contributed by atoms with E-state index in [1.165, 1.54) is 51.0 Å². The standard InChI is InChI=1S/C28H35NO3/c1-2-3-4-5-6-7-8-9-10-11-22-32-28(31)21-16-24-12-14-25(15-13-24)23-29-26-17-19-27(30)20-18-26/h10-21,23,30H,2-9,22H2,1H3. The van der Waals surface area contributed by atoms with Gasteiger partial charge >= 0.3 is 5.97 Å². The third-order valence-electron chi connectivity index (χ3n) is 5.02. The first kappa shape index (κ1) is 25.1. The van der Waals surface area contributed by atoms with Gasteiger partial charge in [-0.25, -0.2) is 4.79 Å². The molecule has 0 saturated heterocycles. The van der Waals surface area contributed by atoms with Gasteiger partial charge in [-0.2, -0.15) is 0 Å². The molecule has 170 valence electrons. The quantitative estimate of drug-likeness (QED) is 0.111. The van der Waals surface area contributed by atoms with Crippen molar-refractivity contribution in [2.45, 2.75) is 58.3 Å². The van der Waals surface area contributed by atoms with Crippen LogP contribution in [-0.4, -0.2) is 23.9 Å². The predicted molar refractivity (Wildman–Crippen MR) is 134 cm³/mol. The normalized spacial score (nSPS) is 11.7. The van der Waals surface area contributed by atoms with E-state index in [1.54, 1.807) is 36.6 Å². The molecule has 0 aliphatic rings. The van der Waals surface area contributed by atoms with Crippen LogP contribution in [0, 0.1) is 0 Å². The van der Waals surface area contributed by atoms with E-state index >= 15 is 0 Å². The number of hydrogen-bond acceptors (Lipinski definition) is 4. The van der Waals surface area contributed by atoms with E-state index in [0.717, 1.165) is 23.2 Å². The van der Waals surface area contributed by atoms with Gasteiger partial charge in [-0.1, -0.05) is 81.9 Å². The number of carbonyl (C=O) groups is 1. The largest absolute Gasteiger partial charge is 0.508 e. The fourth-order valence-electron chi connectivity index (χ4n) is 3.13. The monoisotopic (exact) mass is 433 g/mol. The van der Waals surface area contributed by atoms with Crippen molar-refractivity contribution in [1.82, 2.24) is 0 Å². The van der Waals surface area contributed by atoms with E-state index in [9.17, 15) is 9.90 Å². The molecule has 4 heteroatoms. The molecule has 0 saturated carbocycles. The Morgan fingerprint density at radius 3 is 2.25 bits per heavy atom. The molecule has 0 aliphatic carbocycles. The third-order valence-corrected chi connectivity index (χ3v) is 5.02. The summed E-state index contributed by atoms with van der Waals surface area (Å²) >= 11 is 0. The Bertz CT molecular complexity index is 865. The lowest BCUT2D eigenvalue weighted by molar-refractivity contribution is -0.136. The molecule has 1 N–H and O–H groups in total. The minimum absolute atomic E-state index is 0.220. The van der Waals surface area contributed by atoms with Crippen LogP contribution in [0.1, 0.15) is 69.4 Å². The second kappa shape index (κ2) is 15.6. The number of aromatic hydroxyl groups is 1. The molecule has 0 spiro atoms. The Kier molecular flexibility index (Phi) is 12.3. The summed E-state index contributed by atoms with van der Waals surface area (Å²) in [6.07, 6.45) is 19.2. The van der Waals surface area contributed by atoms with Crippen LogP contribution in [0.15, 0.2) is 71.8 Å². The molecule has 0 bridgehead atoms. The number of rotatable bonds is 14. The van der Waals surface area contributed by atoms with Crippen LogP contribution in [0.4, 0.5) is 5.69 Å². The molecule has 2 aromatic rings. The van der Waals surface area contributed by atoms with Crippen LogP contribution in [0.5, 0.6) is 5.75 Å².